The van der Waals surface area contributed by atoms with E-state index in [0.717, 1.165) is 14.9 Å². The van der Waals surface area contributed by atoms with Gasteiger partial charge in [-0.05, 0) is 40.0 Å². The number of carbonyl (C=O) groups is 2. The number of halogens is 1. The number of benzene rings is 1. The third-order valence-electron chi connectivity index (χ3n) is 3.60. The Bertz CT molecular complexity index is 693. The highest BCUT2D eigenvalue weighted by atomic mass is 79.9. The van der Waals surface area contributed by atoms with Crippen molar-refractivity contribution in [1.82, 2.24) is 0 Å². The fraction of sp³-hybridized carbons (Fsp3) is 0.250. The highest BCUT2D eigenvalue weighted by Gasteiger charge is 2.47. The molecule has 5 heteroatoms. The number of ether oxygens (including phenoxy) is 1. The maximum atomic E-state index is 12.6. The van der Waals surface area contributed by atoms with Crippen LogP contribution in [-0.4, -0.2) is 18.4 Å². The summed E-state index contributed by atoms with van der Waals surface area (Å²) in [6, 6.07) is 11.6. The van der Waals surface area contributed by atoms with Crippen LogP contribution >= 0.6 is 27.3 Å². The molecule has 0 amide bonds. The average Bonchev–Trinajstić information content (AvgIpc) is 2.97. The molecule has 0 aliphatic heterocycles. The molecule has 0 spiro atoms. The molecule has 108 valence electrons. The monoisotopic (exact) mass is 364 g/mol. The van der Waals surface area contributed by atoms with E-state index in [1.807, 2.05) is 36.4 Å². The van der Waals surface area contributed by atoms with E-state index in [2.05, 4.69) is 15.9 Å². The first-order chi connectivity index (χ1) is 10.1. The molecular weight excluding hydrogens is 352 g/mol. The van der Waals surface area contributed by atoms with E-state index in [1.54, 1.807) is 6.92 Å². The van der Waals surface area contributed by atoms with Crippen molar-refractivity contribution in [3.63, 3.8) is 0 Å². The fourth-order valence-electron chi connectivity index (χ4n) is 2.78. The highest BCUT2D eigenvalue weighted by molar-refractivity contribution is 9.11. The van der Waals surface area contributed by atoms with Gasteiger partial charge in [-0.2, -0.15) is 0 Å². The van der Waals surface area contributed by atoms with Crippen LogP contribution in [-0.2, 0) is 9.53 Å². The number of hydrogen-bond donors (Lipinski definition) is 0. The summed E-state index contributed by atoms with van der Waals surface area (Å²) in [5, 5.41) is 0. The summed E-state index contributed by atoms with van der Waals surface area (Å²) >= 11 is 4.81. The summed E-state index contributed by atoms with van der Waals surface area (Å²) in [6.45, 7) is 2.03. The minimum atomic E-state index is -0.762. The molecule has 3 rings (SSSR count). The molecule has 3 nitrogen and oxygen atoms in total. The van der Waals surface area contributed by atoms with Crippen molar-refractivity contribution in [3.8, 4) is 0 Å². The number of Topliss-reactive ketones (excluding diaryl/α,β-unsaturated/α-hetero) is 1. The van der Waals surface area contributed by atoms with E-state index >= 15 is 0 Å². The van der Waals surface area contributed by atoms with Crippen molar-refractivity contribution in [2.75, 3.05) is 6.61 Å². The van der Waals surface area contributed by atoms with Crippen LogP contribution < -0.4 is 0 Å². The van der Waals surface area contributed by atoms with E-state index in [9.17, 15) is 9.59 Å². The van der Waals surface area contributed by atoms with Crippen LogP contribution in [0.5, 0.6) is 0 Å². The van der Waals surface area contributed by atoms with Gasteiger partial charge < -0.3 is 4.74 Å². The molecule has 0 fully saturated rings. The van der Waals surface area contributed by atoms with Gasteiger partial charge in [-0.15, -0.1) is 11.3 Å². The molecule has 0 bridgehead atoms. The lowest BCUT2D eigenvalue weighted by Crippen LogP contribution is -2.27. The second-order valence-electron chi connectivity index (χ2n) is 4.82. The zero-order chi connectivity index (χ0) is 15.0. The average molecular weight is 365 g/mol. The van der Waals surface area contributed by atoms with Crippen LogP contribution in [0.4, 0.5) is 0 Å². The third-order valence-corrected chi connectivity index (χ3v) is 5.27. The molecule has 21 heavy (non-hydrogen) atoms. The van der Waals surface area contributed by atoms with Gasteiger partial charge in [0.25, 0.3) is 0 Å². The van der Waals surface area contributed by atoms with Gasteiger partial charge in [0.1, 0.15) is 5.92 Å². The number of rotatable bonds is 3. The first-order valence-electron chi connectivity index (χ1n) is 6.68. The lowest BCUT2D eigenvalue weighted by atomic mass is 9.86. The molecule has 0 saturated heterocycles. The molecule has 1 aliphatic rings. The van der Waals surface area contributed by atoms with Crippen LogP contribution in [0, 0.1) is 5.92 Å². The van der Waals surface area contributed by atoms with E-state index < -0.39 is 11.9 Å². The quantitative estimate of drug-likeness (QED) is 0.610. The number of thiophene rings is 1. The minimum Gasteiger partial charge on any atom is -0.465 e. The zero-order valence-corrected chi connectivity index (χ0v) is 13.7. The van der Waals surface area contributed by atoms with Crippen molar-refractivity contribution >= 4 is 39.0 Å². The minimum absolute atomic E-state index is 0.131. The van der Waals surface area contributed by atoms with Crippen LogP contribution in [0.25, 0.3) is 0 Å². The molecule has 0 saturated carbocycles. The summed E-state index contributed by atoms with van der Waals surface area (Å²) in [4.78, 5) is 25.5. The van der Waals surface area contributed by atoms with Gasteiger partial charge in [-0.1, -0.05) is 30.3 Å². The van der Waals surface area contributed by atoms with E-state index in [1.165, 1.54) is 11.3 Å². The van der Waals surface area contributed by atoms with Gasteiger partial charge in [0.15, 0.2) is 5.78 Å². The Morgan fingerprint density at radius 1 is 1.33 bits per heavy atom. The first-order valence-corrected chi connectivity index (χ1v) is 8.29. The van der Waals surface area contributed by atoms with Crippen molar-refractivity contribution in [2.45, 2.75) is 12.8 Å². The number of esters is 1. The van der Waals surface area contributed by atoms with Crippen molar-refractivity contribution in [2.24, 2.45) is 5.92 Å². The predicted molar refractivity (Wildman–Crippen MR) is 84.8 cm³/mol. The molecule has 2 aromatic rings. The smallest absolute Gasteiger partial charge is 0.317 e. The van der Waals surface area contributed by atoms with E-state index in [4.69, 9.17) is 4.74 Å². The number of hydrogen-bond acceptors (Lipinski definition) is 4. The molecule has 2 unspecified atom stereocenters. The van der Waals surface area contributed by atoms with Gasteiger partial charge in [-0.3, -0.25) is 9.59 Å². The zero-order valence-electron chi connectivity index (χ0n) is 11.3. The van der Waals surface area contributed by atoms with Gasteiger partial charge >= 0.3 is 5.97 Å². The maximum absolute atomic E-state index is 12.6. The maximum Gasteiger partial charge on any atom is 0.317 e. The second-order valence-corrected chi connectivity index (χ2v) is 7.25. The predicted octanol–water partition coefficient (Wildman–Crippen LogP) is 4.02. The summed E-state index contributed by atoms with van der Waals surface area (Å²) in [7, 11) is 0. The Labute approximate surface area is 135 Å². The molecule has 0 N–H and O–H groups in total. The molecule has 2 atom stereocenters. The first kappa shape index (κ1) is 14.5. The Kier molecular flexibility index (Phi) is 3.95. The summed E-state index contributed by atoms with van der Waals surface area (Å²) in [6.07, 6.45) is 0. The Hall–Kier alpha value is -1.46. The molecule has 1 aromatic heterocycles. The highest BCUT2D eigenvalue weighted by Crippen LogP contribution is 2.47. The van der Waals surface area contributed by atoms with E-state index in [-0.39, 0.29) is 18.3 Å². The topological polar surface area (TPSA) is 43.4 Å². The summed E-state index contributed by atoms with van der Waals surface area (Å²) in [5.74, 6) is -1.58. The van der Waals surface area contributed by atoms with Crippen LogP contribution in [0.2, 0.25) is 0 Å². The summed E-state index contributed by atoms with van der Waals surface area (Å²) < 4.78 is 6.02. The van der Waals surface area contributed by atoms with Crippen molar-refractivity contribution in [1.29, 1.82) is 0 Å². The second kappa shape index (κ2) is 5.73. The largest absolute Gasteiger partial charge is 0.465 e. The fourth-order valence-corrected chi connectivity index (χ4v) is 4.42. The van der Waals surface area contributed by atoms with Crippen molar-refractivity contribution < 1.29 is 14.3 Å². The van der Waals surface area contributed by atoms with Gasteiger partial charge in [0, 0.05) is 5.92 Å². The number of carbonyl (C=O) groups excluding carboxylic acids is 2. The Balaban J connectivity index is 2.10. The molecule has 1 heterocycles. The molecular formula is C16H13BrO3S. The van der Waals surface area contributed by atoms with Crippen LogP contribution in [0.1, 0.15) is 33.6 Å². The SMILES string of the molecule is CCOC(=O)C1C(=O)c2sc(Br)cc2C1c1ccccc1. The molecule has 1 aromatic carbocycles. The molecule has 0 radical (unpaired) electrons. The number of fused-ring (bicyclic) bond motifs is 1. The van der Waals surface area contributed by atoms with Crippen LogP contribution in [0.15, 0.2) is 40.2 Å². The standard InChI is InChI=1S/C16H13BrO3S/c1-2-20-16(19)13-12(9-6-4-3-5-7-9)10-8-11(17)21-15(10)14(13)18/h3-8,12-13H,2H2,1H3. The third kappa shape index (κ3) is 2.45. The Morgan fingerprint density at radius 2 is 2.05 bits per heavy atom. The normalized spacial score (nSPS) is 20.4. The van der Waals surface area contributed by atoms with E-state index in [0.29, 0.717) is 4.88 Å². The molecule has 1 aliphatic carbocycles. The van der Waals surface area contributed by atoms with Gasteiger partial charge in [0.2, 0.25) is 0 Å². The van der Waals surface area contributed by atoms with Crippen molar-refractivity contribution in [3.05, 3.63) is 56.2 Å². The lowest BCUT2D eigenvalue weighted by molar-refractivity contribution is -0.146. The number of ketones is 1. The van der Waals surface area contributed by atoms with Gasteiger partial charge in [0.05, 0.1) is 15.3 Å². The lowest BCUT2D eigenvalue weighted by Gasteiger charge is -2.18. The van der Waals surface area contributed by atoms with Gasteiger partial charge in [-0.25, -0.2) is 0 Å². The summed E-state index contributed by atoms with van der Waals surface area (Å²) in [5.41, 5.74) is 1.88. The Morgan fingerprint density at radius 3 is 2.71 bits per heavy atom. The van der Waals surface area contributed by atoms with Crippen LogP contribution in [0.3, 0.4) is 0 Å².